The summed E-state index contributed by atoms with van der Waals surface area (Å²) < 4.78 is 6.90. The molecule has 2 N–H and O–H groups in total. The van der Waals surface area contributed by atoms with Gasteiger partial charge in [0.2, 0.25) is 5.91 Å². The summed E-state index contributed by atoms with van der Waals surface area (Å²) >= 11 is 1.48. The molecule has 30 heavy (non-hydrogen) atoms. The lowest BCUT2D eigenvalue weighted by atomic mass is 10.1. The van der Waals surface area contributed by atoms with Gasteiger partial charge in [0.25, 0.3) is 0 Å². The number of anilines is 1. The van der Waals surface area contributed by atoms with Crippen LogP contribution in [0.2, 0.25) is 0 Å². The Morgan fingerprint density at radius 3 is 2.80 bits per heavy atom. The van der Waals surface area contributed by atoms with Crippen LogP contribution in [0.25, 0.3) is 11.0 Å². The molecule has 1 aromatic carbocycles. The van der Waals surface area contributed by atoms with Crippen LogP contribution in [0.5, 0.6) is 0 Å². The van der Waals surface area contributed by atoms with Crippen molar-refractivity contribution in [3.05, 3.63) is 42.1 Å². The molecule has 9 heteroatoms. The lowest BCUT2D eigenvalue weighted by Crippen LogP contribution is -2.27. The summed E-state index contributed by atoms with van der Waals surface area (Å²) in [6, 6.07) is 10.2. The predicted molar refractivity (Wildman–Crippen MR) is 120 cm³/mol. The van der Waals surface area contributed by atoms with E-state index in [9.17, 15) is 4.79 Å². The minimum atomic E-state index is 0.0590. The summed E-state index contributed by atoms with van der Waals surface area (Å²) in [7, 11) is 1.67. The molecular formula is C21H28N6O2S. The Kier molecular flexibility index (Phi) is 8.46. The average molecular weight is 429 g/mol. The smallest absolute Gasteiger partial charge is 0.220 e. The summed E-state index contributed by atoms with van der Waals surface area (Å²) in [5, 5.41) is 12.2. The van der Waals surface area contributed by atoms with Crippen molar-refractivity contribution in [1.29, 1.82) is 0 Å². The highest BCUT2D eigenvalue weighted by Crippen LogP contribution is 2.23. The highest BCUT2D eigenvalue weighted by Gasteiger charge is 2.13. The molecule has 0 saturated heterocycles. The van der Waals surface area contributed by atoms with Gasteiger partial charge in [0.15, 0.2) is 10.8 Å². The molecule has 0 atom stereocenters. The first-order chi connectivity index (χ1) is 14.7. The van der Waals surface area contributed by atoms with Gasteiger partial charge in [-0.05, 0) is 24.7 Å². The van der Waals surface area contributed by atoms with Gasteiger partial charge in [0, 0.05) is 26.6 Å². The molecule has 0 aliphatic carbocycles. The Balaban J connectivity index is 1.52. The van der Waals surface area contributed by atoms with Crippen molar-refractivity contribution in [3.8, 4) is 0 Å². The highest BCUT2D eigenvalue weighted by atomic mass is 32.2. The van der Waals surface area contributed by atoms with Crippen LogP contribution in [-0.4, -0.2) is 58.7 Å². The highest BCUT2D eigenvalue weighted by molar-refractivity contribution is 7.98. The van der Waals surface area contributed by atoms with E-state index in [1.54, 1.807) is 13.3 Å². The fourth-order valence-electron chi connectivity index (χ4n) is 3.08. The Hall–Kier alpha value is -2.65. The fraction of sp³-hybridized carbons (Fsp3) is 0.429. The largest absolute Gasteiger partial charge is 0.383 e. The molecule has 0 radical (unpaired) electrons. The van der Waals surface area contributed by atoms with Crippen molar-refractivity contribution in [2.75, 3.05) is 38.4 Å². The summed E-state index contributed by atoms with van der Waals surface area (Å²) in [6.45, 7) is 2.30. The van der Waals surface area contributed by atoms with Crippen LogP contribution in [0.1, 0.15) is 18.4 Å². The van der Waals surface area contributed by atoms with Crippen molar-refractivity contribution in [2.45, 2.75) is 31.0 Å². The van der Waals surface area contributed by atoms with Crippen LogP contribution in [0.4, 0.5) is 5.82 Å². The standard InChI is InChI=1S/C21H28N6O2S/c1-29-14-12-23-19-17-15-24-27(20(17)26-21(25-19)30-2)13-11-22-18(28)10-6-9-16-7-4-3-5-8-16/h3-5,7-8,15H,6,9-14H2,1-2H3,(H,22,28)(H,23,25,26). The van der Waals surface area contributed by atoms with Crippen molar-refractivity contribution in [3.63, 3.8) is 0 Å². The number of rotatable bonds is 12. The zero-order valence-electron chi connectivity index (χ0n) is 17.4. The van der Waals surface area contributed by atoms with Gasteiger partial charge >= 0.3 is 0 Å². The van der Waals surface area contributed by atoms with E-state index >= 15 is 0 Å². The lowest BCUT2D eigenvalue weighted by molar-refractivity contribution is -0.121. The number of nitrogens with zero attached hydrogens (tertiary/aromatic N) is 4. The third kappa shape index (κ3) is 6.17. The van der Waals surface area contributed by atoms with E-state index in [0.717, 1.165) is 29.7 Å². The Morgan fingerprint density at radius 1 is 1.20 bits per heavy atom. The molecule has 160 valence electrons. The first kappa shape index (κ1) is 22.0. The van der Waals surface area contributed by atoms with E-state index < -0.39 is 0 Å². The molecule has 2 aromatic heterocycles. The molecule has 0 aliphatic heterocycles. The molecule has 8 nitrogen and oxygen atoms in total. The predicted octanol–water partition coefficient (Wildman–Crippen LogP) is 2.75. The molecule has 2 heterocycles. The van der Waals surface area contributed by atoms with Crippen molar-refractivity contribution in [2.24, 2.45) is 0 Å². The molecule has 3 aromatic rings. The van der Waals surface area contributed by atoms with Crippen LogP contribution < -0.4 is 10.6 Å². The number of aryl methyl sites for hydroxylation is 1. The topological polar surface area (TPSA) is 94.0 Å². The number of methoxy groups -OCH3 is 1. The summed E-state index contributed by atoms with van der Waals surface area (Å²) in [4.78, 5) is 21.3. The zero-order valence-corrected chi connectivity index (χ0v) is 18.2. The maximum Gasteiger partial charge on any atom is 0.220 e. The number of hydrogen-bond donors (Lipinski definition) is 2. The van der Waals surface area contributed by atoms with Crippen LogP contribution >= 0.6 is 11.8 Å². The third-order valence-electron chi connectivity index (χ3n) is 4.61. The number of thioether (sulfide) groups is 1. The van der Waals surface area contributed by atoms with Gasteiger partial charge in [0.05, 0.1) is 24.7 Å². The lowest BCUT2D eigenvalue weighted by Gasteiger charge is -2.09. The maximum absolute atomic E-state index is 12.1. The van der Waals surface area contributed by atoms with E-state index in [4.69, 9.17) is 4.74 Å². The number of nitrogens with one attached hydrogen (secondary N) is 2. The Bertz CT molecular complexity index is 947. The van der Waals surface area contributed by atoms with E-state index in [2.05, 4.69) is 37.8 Å². The number of amides is 1. The second-order valence-electron chi connectivity index (χ2n) is 6.77. The molecule has 0 unspecified atom stereocenters. The van der Waals surface area contributed by atoms with Crippen molar-refractivity contribution >= 4 is 34.5 Å². The second kappa shape index (κ2) is 11.5. The van der Waals surface area contributed by atoms with E-state index in [-0.39, 0.29) is 5.91 Å². The molecule has 0 fully saturated rings. The number of carbonyl (C=O) groups is 1. The molecule has 3 rings (SSSR count). The van der Waals surface area contributed by atoms with Gasteiger partial charge < -0.3 is 15.4 Å². The van der Waals surface area contributed by atoms with E-state index in [1.807, 2.05) is 29.1 Å². The van der Waals surface area contributed by atoms with Crippen LogP contribution in [-0.2, 0) is 22.5 Å². The number of carbonyl (C=O) groups excluding carboxylic acids is 1. The molecule has 0 aliphatic rings. The summed E-state index contributed by atoms with van der Waals surface area (Å²) in [5.41, 5.74) is 2.01. The monoisotopic (exact) mass is 428 g/mol. The Labute approximate surface area is 180 Å². The SMILES string of the molecule is COCCNc1nc(SC)nc2c1cnn2CCNC(=O)CCCc1ccccc1. The quantitative estimate of drug-likeness (QED) is 0.260. The van der Waals surface area contributed by atoms with Gasteiger partial charge in [-0.2, -0.15) is 5.10 Å². The van der Waals surface area contributed by atoms with Crippen molar-refractivity contribution in [1.82, 2.24) is 25.1 Å². The molecule has 0 spiro atoms. The molecule has 0 bridgehead atoms. The molecular weight excluding hydrogens is 400 g/mol. The Morgan fingerprint density at radius 2 is 2.03 bits per heavy atom. The normalized spacial score (nSPS) is 11.0. The van der Waals surface area contributed by atoms with E-state index in [0.29, 0.717) is 37.8 Å². The number of ether oxygens (including phenoxy) is 1. The number of aromatic nitrogens is 4. The first-order valence-electron chi connectivity index (χ1n) is 10.0. The van der Waals surface area contributed by atoms with Crippen molar-refractivity contribution < 1.29 is 9.53 Å². The summed E-state index contributed by atoms with van der Waals surface area (Å²) in [6.07, 6.45) is 5.96. The average Bonchev–Trinajstić information content (AvgIpc) is 3.17. The summed E-state index contributed by atoms with van der Waals surface area (Å²) in [5.74, 6) is 0.807. The fourth-order valence-corrected chi connectivity index (χ4v) is 3.44. The number of benzene rings is 1. The number of fused-ring (bicyclic) bond motifs is 1. The second-order valence-corrected chi connectivity index (χ2v) is 7.55. The maximum atomic E-state index is 12.1. The van der Waals surface area contributed by atoms with Crippen LogP contribution in [0, 0.1) is 0 Å². The van der Waals surface area contributed by atoms with E-state index in [1.165, 1.54) is 17.3 Å². The zero-order chi connectivity index (χ0) is 21.2. The molecule has 0 saturated carbocycles. The van der Waals surface area contributed by atoms with Crippen LogP contribution in [0.3, 0.4) is 0 Å². The number of hydrogen-bond acceptors (Lipinski definition) is 7. The van der Waals surface area contributed by atoms with Gasteiger partial charge in [0.1, 0.15) is 5.82 Å². The minimum Gasteiger partial charge on any atom is -0.383 e. The van der Waals surface area contributed by atoms with Gasteiger partial charge in [-0.15, -0.1) is 0 Å². The van der Waals surface area contributed by atoms with Gasteiger partial charge in [-0.1, -0.05) is 42.1 Å². The third-order valence-corrected chi connectivity index (χ3v) is 5.16. The van der Waals surface area contributed by atoms with Crippen LogP contribution in [0.15, 0.2) is 41.7 Å². The first-order valence-corrected chi connectivity index (χ1v) is 11.2. The van der Waals surface area contributed by atoms with Gasteiger partial charge in [-0.25, -0.2) is 14.6 Å². The van der Waals surface area contributed by atoms with Gasteiger partial charge in [-0.3, -0.25) is 4.79 Å². The minimum absolute atomic E-state index is 0.0590. The molecule has 1 amide bonds.